The SMILES string of the molecule is CC(C)(O)COc1cccc(NC(=O)c2ccc(NS(=O)(=O)CCO)cc2N2CCC3(CC2)CC3)n1. The van der Waals surface area contributed by atoms with Crippen LogP contribution in [-0.2, 0) is 10.0 Å². The van der Waals surface area contributed by atoms with Gasteiger partial charge in [0.05, 0.1) is 34.9 Å². The molecule has 2 fully saturated rings. The number of aliphatic hydroxyl groups is 2. The molecule has 1 spiro atoms. The lowest BCUT2D eigenvalue weighted by molar-refractivity contribution is 0.0269. The average molecular weight is 519 g/mol. The number of anilines is 3. The number of piperidine rings is 1. The minimum absolute atomic E-state index is 0.0473. The van der Waals surface area contributed by atoms with E-state index < -0.39 is 28.0 Å². The first-order chi connectivity index (χ1) is 17.0. The third-order valence-corrected chi connectivity index (χ3v) is 7.80. The summed E-state index contributed by atoms with van der Waals surface area (Å²) in [6, 6.07) is 9.78. The van der Waals surface area contributed by atoms with E-state index in [0.717, 1.165) is 25.9 Å². The van der Waals surface area contributed by atoms with Gasteiger partial charge in [-0.25, -0.2) is 8.42 Å². The van der Waals surface area contributed by atoms with E-state index in [0.29, 0.717) is 28.2 Å². The van der Waals surface area contributed by atoms with Gasteiger partial charge in [-0.2, -0.15) is 4.98 Å². The second-order valence-electron chi connectivity index (χ2n) is 10.3. The van der Waals surface area contributed by atoms with E-state index in [1.165, 1.54) is 18.9 Å². The van der Waals surface area contributed by atoms with Crippen LogP contribution in [0.25, 0.3) is 0 Å². The van der Waals surface area contributed by atoms with Gasteiger partial charge in [0.15, 0.2) is 0 Å². The van der Waals surface area contributed by atoms with E-state index in [1.54, 1.807) is 44.2 Å². The molecule has 1 saturated heterocycles. The second kappa shape index (κ2) is 10.2. The van der Waals surface area contributed by atoms with Gasteiger partial charge in [-0.1, -0.05) is 6.07 Å². The molecule has 11 heteroatoms. The first kappa shape index (κ1) is 26.2. The van der Waals surface area contributed by atoms with Crippen LogP contribution in [0.3, 0.4) is 0 Å². The van der Waals surface area contributed by atoms with Gasteiger partial charge < -0.3 is 25.2 Å². The molecule has 1 aromatic heterocycles. The van der Waals surface area contributed by atoms with Gasteiger partial charge in [-0.3, -0.25) is 9.52 Å². The van der Waals surface area contributed by atoms with Crippen molar-refractivity contribution in [2.45, 2.75) is 45.1 Å². The van der Waals surface area contributed by atoms with Crippen molar-refractivity contribution in [2.24, 2.45) is 5.41 Å². The molecule has 1 saturated carbocycles. The van der Waals surface area contributed by atoms with Crippen molar-refractivity contribution in [1.29, 1.82) is 0 Å². The summed E-state index contributed by atoms with van der Waals surface area (Å²) in [6.45, 7) is 4.38. The summed E-state index contributed by atoms with van der Waals surface area (Å²) in [7, 11) is -3.70. The summed E-state index contributed by atoms with van der Waals surface area (Å²) in [5, 5.41) is 21.7. The monoisotopic (exact) mass is 518 g/mol. The van der Waals surface area contributed by atoms with Crippen LogP contribution in [0.4, 0.5) is 17.2 Å². The Morgan fingerprint density at radius 3 is 2.53 bits per heavy atom. The summed E-state index contributed by atoms with van der Waals surface area (Å²) in [4.78, 5) is 19.7. The van der Waals surface area contributed by atoms with Crippen molar-refractivity contribution < 1.29 is 28.2 Å². The normalized spacial score (nSPS) is 17.1. The van der Waals surface area contributed by atoms with Gasteiger partial charge in [-0.05, 0) is 69.2 Å². The van der Waals surface area contributed by atoms with Crippen LogP contribution in [0.15, 0.2) is 36.4 Å². The Labute approximate surface area is 211 Å². The fourth-order valence-electron chi connectivity index (χ4n) is 4.30. The van der Waals surface area contributed by atoms with Crippen molar-refractivity contribution in [3.63, 3.8) is 0 Å². The molecule has 2 aliphatic rings. The number of nitrogens with zero attached hydrogens (tertiary/aromatic N) is 2. The maximum Gasteiger partial charge on any atom is 0.258 e. The van der Waals surface area contributed by atoms with Gasteiger partial charge in [0, 0.05) is 19.2 Å². The molecule has 2 aromatic rings. The summed E-state index contributed by atoms with van der Waals surface area (Å²) in [6.07, 6.45) is 4.56. The molecule has 1 aliphatic carbocycles. The Kier molecular flexibility index (Phi) is 7.44. The van der Waals surface area contributed by atoms with Crippen LogP contribution in [0, 0.1) is 5.41 Å². The number of aliphatic hydroxyl groups excluding tert-OH is 1. The summed E-state index contributed by atoms with van der Waals surface area (Å²) in [5.74, 6) is -0.223. The van der Waals surface area contributed by atoms with Crippen LogP contribution in [-0.4, -0.2) is 67.2 Å². The number of ether oxygens (including phenoxy) is 1. The van der Waals surface area contributed by atoms with Crippen molar-refractivity contribution in [2.75, 3.05) is 47.0 Å². The van der Waals surface area contributed by atoms with Crippen LogP contribution >= 0.6 is 0 Å². The Morgan fingerprint density at radius 2 is 1.89 bits per heavy atom. The molecular formula is C25H34N4O6S. The first-order valence-corrected chi connectivity index (χ1v) is 13.8. The number of aromatic nitrogens is 1. The average Bonchev–Trinajstić information content (AvgIpc) is 3.56. The molecule has 1 aliphatic heterocycles. The Morgan fingerprint density at radius 1 is 1.17 bits per heavy atom. The molecule has 2 heterocycles. The smallest absolute Gasteiger partial charge is 0.258 e. The Balaban J connectivity index is 1.56. The fraction of sp³-hybridized carbons (Fsp3) is 0.520. The van der Waals surface area contributed by atoms with E-state index in [2.05, 4.69) is 19.9 Å². The van der Waals surface area contributed by atoms with E-state index in [9.17, 15) is 18.3 Å². The largest absolute Gasteiger partial charge is 0.475 e. The highest BCUT2D eigenvalue weighted by Gasteiger charge is 2.44. The second-order valence-corrected chi connectivity index (χ2v) is 12.1. The van der Waals surface area contributed by atoms with Crippen molar-refractivity contribution >= 4 is 33.1 Å². The highest BCUT2D eigenvalue weighted by atomic mass is 32.2. The number of carbonyl (C=O) groups is 1. The topological polar surface area (TPSA) is 141 Å². The zero-order valence-corrected chi connectivity index (χ0v) is 21.5. The van der Waals surface area contributed by atoms with Gasteiger partial charge in [0.25, 0.3) is 5.91 Å². The molecule has 0 radical (unpaired) electrons. The predicted molar refractivity (Wildman–Crippen MR) is 138 cm³/mol. The van der Waals surface area contributed by atoms with Crippen LogP contribution in [0.5, 0.6) is 5.88 Å². The molecule has 1 amide bonds. The zero-order chi connectivity index (χ0) is 26.0. The maximum absolute atomic E-state index is 13.3. The lowest BCUT2D eigenvalue weighted by Gasteiger charge is -2.35. The lowest BCUT2D eigenvalue weighted by atomic mass is 9.93. The standard InChI is InChI=1S/C25H34N4O6S/c1-24(2,32)17-35-22-5-3-4-21(26-22)27-23(31)19-7-6-18(28-36(33,34)15-14-30)16-20(19)29-12-10-25(8-9-25)11-13-29/h3-7,16,28,30,32H,8-15,17H2,1-2H3,(H,26,27,31). The highest BCUT2D eigenvalue weighted by Crippen LogP contribution is 2.54. The number of hydrogen-bond acceptors (Lipinski definition) is 8. The van der Waals surface area contributed by atoms with Crippen molar-refractivity contribution in [3.8, 4) is 5.88 Å². The molecule has 0 bridgehead atoms. The molecular weight excluding hydrogens is 484 g/mol. The minimum atomic E-state index is -3.70. The number of nitrogens with one attached hydrogen (secondary N) is 2. The van der Waals surface area contributed by atoms with Gasteiger partial charge in [0.2, 0.25) is 15.9 Å². The molecule has 4 rings (SSSR count). The lowest BCUT2D eigenvalue weighted by Crippen LogP contribution is -2.35. The minimum Gasteiger partial charge on any atom is -0.475 e. The van der Waals surface area contributed by atoms with Crippen LogP contribution in [0.2, 0.25) is 0 Å². The number of sulfonamides is 1. The third-order valence-electron chi connectivity index (χ3n) is 6.54. The number of hydrogen-bond donors (Lipinski definition) is 4. The van der Waals surface area contributed by atoms with E-state index in [4.69, 9.17) is 9.84 Å². The van der Waals surface area contributed by atoms with Crippen molar-refractivity contribution in [1.82, 2.24) is 4.98 Å². The maximum atomic E-state index is 13.3. The number of pyridine rings is 1. The number of benzene rings is 1. The molecule has 36 heavy (non-hydrogen) atoms. The molecule has 1 aromatic carbocycles. The summed E-state index contributed by atoms with van der Waals surface area (Å²) in [5.41, 5.74) is 0.788. The van der Waals surface area contributed by atoms with E-state index in [1.807, 2.05) is 0 Å². The third kappa shape index (κ3) is 6.86. The molecule has 0 atom stereocenters. The first-order valence-electron chi connectivity index (χ1n) is 12.1. The van der Waals surface area contributed by atoms with Crippen molar-refractivity contribution in [3.05, 3.63) is 42.0 Å². The number of amides is 1. The molecule has 10 nitrogen and oxygen atoms in total. The summed E-state index contributed by atoms with van der Waals surface area (Å²) < 4.78 is 32.4. The zero-order valence-electron chi connectivity index (χ0n) is 20.7. The molecule has 4 N–H and O–H groups in total. The highest BCUT2D eigenvalue weighted by molar-refractivity contribution is 7.92. The Hall–Kier alpha value is -2.89. The fourth-order valence-corrected chi connectivity index (χ4v) is 5.13. The van der Waals surface area contributed by atoms with E-state index in [-0.39, 0.29) is 18.4 Å². The van der Waals surface area contributed by atoms with Gasteiger partial charge >= 0.3 is 0 Å². The van der Waals surface area contributed by atoms with Crippen LogP contribution in [0.1, 0.15) is 49.9 Å². The molecule has 196 valence electrons. The predicted octanol–water partition coefficient (Wildman–Crippen LogP) is 2.60. The number of rotatable bonds is 10. The van der Waals surface area contributed by atoms with Gasteiger partial charge in [-0.15, -0.1) is 0 Å². The molecule has 0 unspecified atom stereocenters. The number of carbonyl (C=O) groups excluding carboxylic acids is 1. The summed E-state index contributed by atoms with van der Waals surface area (Å²) >= 11 is 0. The van der Waals surface area contributed by atoms with Gasteiger partial charge in [0.1, 0.15) is 12.4 Å². The Bertz CT molecular complexity index is 1200. The quantitative estimate of drug-likeness (QED) is 0.376. The van der Waals surface area contributed by atoms with E-state index >= 15 is 0 Å². The van der Waals surface area contributed by atoms with Crippen LogP contribution < -0.4 is 19.7 Å².